The molecule has 0 aromatic heterocycles. The van der Waals surface area contributed by atoms with Gasteiger partial charge in [-0.05, 0) is 48.2 Å². The smallest absolute Gasteiger partial charge is 0.127 e. The van der Waals surface area contributed by atoms with Gasteiger partial charge >= 0.3 is 0 Å². The molecule has 2 saturated heterocycles. The van der Waals surface area contributed by atoms with E-state index in [9.17, 15) is 9.50 Å². The Morgan fingerprint density at radius 1 is 1.30 bits per heavy atom. The summed E-state index contributed by atoms with van der Waals surface area (Å²) in [6.07, 6.45) is 1.23. The van der Waals surface area contributed by atoms with E-state index < -0.39 is 6.10 Å². The van der Waals surface area contributed by atoms with Gasteiger partial charge in [0, 0.05) is 32.2 Å². The van der Waals surface area contributed by atoms with Crippen molar-refractivity contribution in [3.05, 3.63) is 53.8 Å². The van der Waals surface area contributed by atoms with Gasteiger partial charge in [0.05, 0.1) is 12.2 Å². The highest BCUT2D eigenvalue weighted by molar-refractivity contribution is 5.68. The molecule has 2 heterocycles. The van der Waals surface area contributed by atoms with Gasteiger partial charge in [0.25, 0.3) is 0 Å². The lowest BCUT2D eigenvalue weighted by Crippen LogP contribution is -2.54. The largest absolute Gasteiger partial charge is 0.491 e. The lowest BCUT2D eigenvalue weighted by molar-refractivity contribution is -0.104. The summed E-state index contributed by atoms with van der Waals surface area (Å²) < 4.78 is 26.0. The van der Waals surface area contributed by atoms with Gasteiger partial charge in [-0.1, -0.05) is 31.2 Å². The predicted molar refractivity (Wildman–Crippen MR) is 115 cm³/mol. The van der Waals surface area contributed by atoms with Crippen LogP contribution in [0.1, 0.15) is 18.9 Å². The minimum absolute atomic E-state index is 0.122. The number of aliphatic hydroxyl groups excluding tert-OH is 1. The second kappa shape index (κ2) is 9.43. The van der Waals surface area contributed by atoms with Crippen molar-refractivity contribution in [2.75, 3.05) is 45.9 Å². The van der Waals surface area contributed by atoms with Crippen LogP contribution in [0.15, 0.2) is 42.5 Å². The minimum atomic E-state index is -0.649. The zero-order valence-corrected chi connectivity index (χ0v) is 17.6. The molecule has 0 amide bonds. The molecule has 0 radical (unpaired) electrons. The van der Waals surface area contributed by atoms with Crippen molar-refractivity contribution < 1.29 is 19.0 Å². The van der Waals surface area contributed by atoms with E-state index in [1.165, 1.54) is 12.1 Å². The van der Waals surface area contributed by atoms with Gasteiger partial charge in [0.15, 0.2) is 0 Å². The fraction of sp³-hybridized carbons (Fsp3) is 0.500. The zero-order chi connectivity index (χ0) is 21.0. The molecule has 2 aliphatic rings. The first-order valence-electron chi connectivity index (χ1n) is 10.8. The molecule has 2 fully saturated rings. The molecular formula is C24H31FN2O3. The normalized spacial score (nSPS) is 23.0. The highest BCUT2D eigenvalue weighted by Crippen LogP contribution is 2.29. The number of benzene rings is 2. The number of halogens is 1. The van der Waals surface area contributed by atoms with E-state index in [0.717, 1.165) is 55.7 Å². The van der Waals surface area contributed by atoms with E-state index in [-0.39, 0.29) is 18.0 Å². The Hall–Kier alpha value is -1.99. The third-order valence-electron chi connectivity index (χ3n) is 6.02. The molecule has 0 bridgehead atoms. The summed E-state index contributed by atoms with van der Waals surface area (Å²) in [4.78, 5) is 2.24. The Bertz CT molecular complexity index is 854. The second-order valence-corrected chi connectivity index (χ2v) is 8.34. The van der Waals surface area contributed by atoms with Gasteiger partial charge in [0.2, 0.25) is 0 Å². The van der Waals surface area contributed by atoms with Crippen LogP contribution < -0.4 is 10.1 Å². The van der Waals surface area contributed by atoms with Crippen LogP contribution in [0.3, 0.4) is 0 Å². The van der Waals surface area contributed by atoms with E-state index in [0.29, 0.717) is 18.9 Å². The van der Waals surface area contributed by atoms with E-state index in [2.05, 4.69) is 23.2 Å². The number of hydrogen-bond donors (Lipinski definition) is 2. The number of hydrogen-bond acceptors (Lipinski definition) is 5. The predicted octanol–water partition coefficient (Wildman–Crippen LogP) is 2.86. The Kier molecular flexibility index (Phi) is 6.68. The topological polar surface area (TPSA) is 54.0 Å². The summed E-state index contributed by atoms with van der Waals surface area (Å²) >= 11 is 0. The van der Waals surface area contributed by atoms with Crippen molar-refractivity contribution in [3.63, 3.8) is 0 Å². The summed E-state index contributed by atoms with van der Waals surface area (Å²) in [5.74, 6) is 0.0974. The maximum Gasteiger partial charge on any atom is 0.127 e. The van der Waals surface area contributed by atoms with Crippen LogP contribution in [-0.2, 0) is 11.2 Å². The molecule has 2 aromatic carbocycles. The summed E-state index contributed by atoms with van der Waals surface area (Å²) in [6, 6.07) is 12.8. The van der Waals surface area contributed by atoms with E-state index in [4.69, 9.17) is 9.47 Å². The molecule has 6 heteroatoms. The van der Waals surface area contributed by atoms with E-state index in [1.807, 2.05) is 24.3 Å². The molecule has 0 saturated carbocycles. The maximum atomic E-state index is 14.2. The summed E-state index contributed by atoms with van der Waals surface area (Å²) in [5.41, 5.74) is 2.84. The number of nitrogens with zero attached hydrogens (tertiary/aromatic N) is 1. The fourth-order valence-corrected chi connectivity index (χ4v) is 4.51. The Morgan fingerprint density at radius 2 is 2.17 bits per heavy atom. The summed E-state index contributed by atoms with van der Waals surface area (Å²) in [5, 5.41) is 13.9. The minimum Gasteiger partial charge on any atom is -0.491 e. The number of rotatable bonds is 7. The molecule has 162 valence electrons. The number of nitrogens with one attached hydrogen (secondary N) is 1. The van der Waals surface area contributed by atoms with Crippen LogP contribution in [-0.4, -0.2) is 67.6 Å². The maximum absolute atomic E-state index is 14.2. The molecule has 2 unspecified atom stereocenters. The molecule has 4 rings (SSSR count). The number of aryl methyl sites for hydroxylation is 1. The van der Waals surface area contributed by atoms with Crippen LogP contribution in [0, 0.1) is 5.82 Å². The molecule has 2 aromatic rings. The van der Waals surface area contributed by atoms with Gasteiger partial charge < -0.3 is 19.9 Å². The summed E-state index contributed by atoms with van der Waals surface area (Å²) in [7, 11) is 0. The van der Waals surface area contributed by atoms with Crippen LogP contribution in [0.25, 0.3) is 11.1 Å². The number of β-amino-alcohol motifs (C(OH)–C–C–N with tert-alkyl or cyclic N) is 1. The number of morpholine rings is 1. The van der Waals surface area contributed by atoms with Crippen molar-refractivity contribution in [3.8, 4) is 16.9 Å². The standard InChI is InChI=1S/C24H31FN2O3/c1-2-18-5-3-4-6-23(18)19-11-20(25)13-22(12-19)29-15-21(28)14-27-9-10-30-24(17-27)7-8-26-16-24/h3-6,11-13,21,26,28H,2,7-10,14-17H2,1H3. The quantitative estimate of drug-likeness (QED) is 0.730. The van der Waals surface area contributed by atoms with Crippen LogP contribution in [0.2, 0.25) is 0 Å². The van der Waals surface area contributed by atoms with Gasteiger partial charge in [0.1, 0.15) is 24.3 Å². The molecule has 2 atom stereocenters. The van der Waals surface area contributed by atoms with Crippen LogP contribution >= 0.6 is 0 Å². The molecule has 0 aliphatic carbocycles. The van der Waals surface area contributed by atoms with Crippen molar-refractivity contribution in [2.24, 2.45) is 0 Å². The zero-order valence-electron chi connectivity index (χ0n) is 17.6. The third-order valence-corrected chi connectivity index (χ3v) is 6.02. The fourth-order valence-electron chi connectivity index (χ4n) is 4.51. The number of aliphatic hydroxyl groups is 1. The lowest BCUT2D eigenvalue weighted by atomic mass is 9.98. The first-order chi connectivity index (χ1) is 14.6. The van der Waals surface area contributed by atoms with Gasteiger partial charge in [-0.25, -0.2) is 4.39 Å². The Balaban J connectivity index is 1.37. The van der Waals surface area contributed by atoms with E-state index in [1.54, 1.807) is 0 Å². The molecule has 30 heavy (non-hydrogen) atoms. The molecular weight excluding hydrogens is 383 g/mol. The first kappa shape index (κ1) is 21.2. The van der Waals surface area contributed by atoms with Crippen molar-refractivity contribution >= 4 is 0 Å². The number of ether oxygens (including phenoxy) is 2. The SMILES string of the molecule is CCc1ccccc1-c1cc(F)cc(OCC(O)CN2CCOC3(CCNC3)C2)c1. The van der Waals surface area contributed by atoms with Crippen LogP contribution in [0.5, 0.6) is 5.75 Å². The van der Waals surface area contributed by atoms with E-state index >= 15 is 0 Å². The summed E-state index contributed by atoms with van der Waals surface area (Å²) in [6.45, 7) is 6.87. The van der Waals surface area contributed by atoms with Crippen molar-refractivity contribution in [1.82, 2.24) is 10.2 Å². The third kappa shape index (κ3) is 5.01. The van der Waals surface area contributed by atoms with Crippen molar-refractivity contribution in [2.45, 2.75) is 31.5 Å². The lowest BCUT2D eigenvalue weighted by Gasteiger charge is -2.40. The Morgan fingerprint density at radius 3 is 2.97 bits per heavy atom. The average molecular weight is 415 g/mol. The average Bonchev–Trinajstić information content (AvgIpc) is 3.19. The molecule has 2 N–H and O–H groups in total. The monoisotopic (exact) mass is 414 g/mol. The van der Waals surface area contributed by atoms with Gasteiger partial charge in [-0.2, -0.15) is 0 Å². The van der Waals surface area contributed by atoms with Gasteiger partial charge in [-0.3, -0.25) is 4.90 Å². The van der Waals surface area contributed by atoms with Crippen LogP contribution in [0.4, 0.5) is 4.39 Å². The highest BCUT2D eigenvalue weighted by atomic mass is 19.1. The van der Waals surface area contributed by atoms with Crippen molar-refractivity contribution in [1.29, 1.82) is 0 Å². The molecule has 2 aliphatic heterocycles. The molecule has 5 nitrogen and oxygen atoms in total. The highest BCUT2D eigenvalue weighted by Gasteiger charge is 2.39. The molecule has 1 spiro atoms. The first-order valence-corrected chi connectivity index (χ1v) is 10.8. The second-order valence-electron chi connectivity index (χ2n) is 8.34. The Labute approximate surface area is 177 Å². The van der Waals surface area contributed by atoms with Gasteiger partial charge in [-0.15, -0.1) is 0 Å².